The zero-order valence-electron chi connectivity index (χ0n) is 16.5. The van der Waals surface area contributed by atoms with Gasteiger partial charge in [-0.25, -0.2) is 0 Å². The molecule has 0 N–H and O–H groups in total. The van der Waals surface area contributed by atoms with Gasteiger partial charge in [0, 0.05) is 61.5 Å². The Hall–Kier alpha value is -1.89. The van der Waals surface area contributed by atoms with Crippen molar-refractivity contribution >= 4 is 17.5 Å². The van der Waals surface area contributed by atoms with E-state index in [-0.39, 0.29) is 11.9 Å². The Balaban J connectivity index is 1.43. The Morgan fingerprint density at radius 2 is 2.04 bits per heavy atom. The normalized spacial score (nSPS) is 17.8. The van der Waals surface area contributed by atoms with Crippen molar-refractivity contribution in [3.8, 4) is 0 Å². The molecule has 0 aliphatic carbocycles. The van der Waals surface area contributed by atoms with Crippen LogP contribution in [0.15, 0.2) is 24.3 Å². The quantitative estimate of drug-likeness (QED) is 0.788. The van der Waals surface area contributed by atoms with Crippen molar-refractivity contribution in [1.82, 2.24) is 19.6 Å². The third-order valence-electron chi connectivity index (χ3n) is 5.49. The SMILES string of the molecule is CC(C)n1nc(C(=O)N2CCN(Cc3cccc(Cl)c3)CC2)c2c1CCOC2. The molecular formula is C21H27ClN4O2. The Bertz CT molecular complexity index is 856. The first kappa shape index (κ1) is 19.4. The number of hydrogen-bond acceptors (Lipinski definition) is 4. The third kappa shape index (κ3) is 3.95. The second-order valence-corrected chi connectivity index (χ2v) is 8.25. The maximum Gasteiger partial charge on any atom is 0.274 e. The highest BCUT2D eigenvalue weighted by Gasteiger charge is 2.30. The third-order valence-corrected chi connectivity index (χ3v) is 5.73. The van der Waals surface area contributed by atoms with Crippen LogP contribution in [0.5, 0.6) is 0 Å². The van der Waals surface area contributed by atoms with Crippen LogP contribution in [0.2, 0.25) is 5.02 Å². The molecule has 7 heteroatoms. The lowest BCUT2D eigenvalue weighted by molar-refractivity contribution is 0.0612. The lowest BCUT2D eigenvalue weighted by atomic mass is 10.1. The molecule has 0 spiro atoms. The monoisotopic (exact) mass is 402 g/mol. The summed E-state index contributed by atoms with van der Waals surface area (Å²) in [6.45, 7) is 9.36. The fraction of sp³-hybridized carbons (Fsp3) is 0.524. The highest BCUT2D eigenvalue weighted by atomic mass is 35.5. The molecule has 2 aliphatic rings. The molecule has 4 rings (SSSR count). The summed E-state index contributed by atoms with van der Waals surface area (Å²) in [6.07, 6.45) is 0.821. The molecule has 0 saturated carbocycles. The minimum absolute atomic E-state index is 0.0311. The maximum atomic E-state index is 13.2. The van der Waals surface area contributed by atoms with E-state index in [0.717, 1.165) is 42.3 Å². The molecule has 1 saturated heterocycles. The van der Waals surface area contributed by atoms with Crippen LogP contribution in [0, 0.1) is 0 Å². The van der Waals surface area contributed by atoms with E-state index in [1.807, 2.05) is 27.8 Å². The van der Waals surface area contributed by atoms with Crippen molar-refractivity contribution in [3.05, 3.63) is 51.8 Å². The summed E-state index contributed by atoms with van der Waals surface area (Å²) in [6, 6.07) is 8.21. The van der Waals surface area contributed by atoms with Crippen LogP contribution in [0.25, 0.3) is 0 Å². The summed E-state index contributed by atoms with van der Waals surface area (Å²) in [7, 11) is 0. The van der Waals surface area contributed by atoms with Crippen molar-refractivity contribution < 1.29 is 9.53 Å². The van der Waals surface area contributed by atoms with Crippen LogP contribution in [-0.4, -0.2) is 58.3 Å². The molecule has 0 bridgehead atoms. The van der Waals surface area contributed by atoms with E-state index in [2.05, 4.69) is 29.9 Å². The molecule has 0 unspecified atom stereocenters. The second kappa shape index (κ2) is 8.23. The van der Waals surface area contributed by atoms with Crippen LogP contribution in [-0.2, 0) is 24.3 Å². The van der Waals surface area contributed by atoms with Gasteiger partial charge in [0.2, 0.25) is 0 Å². The minimum atomic E-state index is 0.0311. The fourth-order valence-corrected chi connectivity index (χ4v) is 4.23. The second-order valence-electron chi connectivity index (χ2n) is 7.81. The first-order chi connectivity index (χ1) is 13.5. The molecule has 6 nitrogen and oxygen atoms in total. The van der Waals surface area contributed by atoms with Crippen molar-refractivity contribution in [2.45, 2.75) is 39.5 Å². The molecule has 3 heterocycles. The number of hydrogen-bond donors (Lipinski definition) is 0. The van der Waals surface area contributed by atoms with Crippen LogP contribution >= 0.6 is 11.6 Å². The van der Waals surface area contributed by atoms with Crippen LogP contribution in [0.4, 0.5) is 0 Å². The van der Waals surface area contributed by atoms with Gasteiger partial charge in [-0.2, -0.15) is 5.10 Å². The number of amides is 1. The van der Waals surface area contributed by atoms with Gasteiger partial charge in [-0.3, -0.25) is 14.4 Å². The van der Waals surface area contributed by atoms with Crippen LogP contribution in [0.3, 0.4) is 0 Å². The summed E-state index contributed by atoms with van der Waals surface area (Å²) in [5, 5.41) is 5.44. The van der Waals surface area contributed by atoms with Gasteiger partial charge in [0.15, 0.2) is 5.69 Å². The first-order valence-corrected chi connectivity index (χ1v) is 10.3. The van der Waals surface area contributed by atoms with Crippen molar-refractivity contribution in [1.29, 1.82) is 0 Å². The number of benzene rings is 1. The lowest BCUT2D eigenvalue weighted by Crippen LogP contribution is -2.48. The smallest absolute Gasteiger partial charge is 0.274 e. The van der Waals surface area contributed by atoms with E-state index in [0.29, 0.717) is 32.0 Å². The summed E-state index contributed by atoms with van der Waals surface area (Å²) >= 11 is 6.09. The molecule has 1 aromatic heterocycles. The fourth-order valence-electron chi connectivity index (χ4n) is 4.01. The average molecular weight is 403 g/mol. The van der Waals surface area contributed by atoms with Crippen molar-refractivity contribution in [3.63, 3.8) is 0 Å². The van der Waals surface area contributed by atoms with E-state index in [4.69, 9.17) is 16.3 Å². The van der Waals surface area contributed by atoms with Gasteiger partial charge in [-0.15, -0.1) is 0 Å². The molecule has 0 atom stereocenters. The van der Waals surface area contributed by atoms with Gasteiger partial charge >= 0.3 is 0 Å². The minimum Gasteiger partial charge on any atom is -0.376 e. The van der Waals surface area contributed by atoms with Gasteiger partial charge < -0.3 is 9.64 Å². The number of aromatic nitrogens is 2. The number of rotatable bonds is 4. The maximum absolute atomic E-state index is 13.2. The van der Waals surface area contributed by atoms with Crippen molar-refractivity contribution in [2.24, 2.45) is 0 Å². The van der Waals surface area contributed by atoms with E-state index >= 15 is 0 Å². The van der Waals surface area contributed by atoms with Crippen molar-refractivity contribution in [2.75, 3.05) is 32.8 Å². The number of fused-ring (bicyclic) bond motifs is 1. The number of nitrogens with zero attached hydrogens (tertiary/aromatic N) is 4. The van der Waals surface area contributed by atoms with E-state index in [1.165, 1.54) is 5.56 Å². The predicted octanol–water partition coefficient (Wildman–Crippen LogP) is 3.15. The van der Waals surface area contributed by atoms with E-state index < -0.39 is 0 Å². The summed E-state index contributed by atoms with van der Waals surface area (Å²) in [4.78, 5) is 17.5. The molecule has 1 amide bonds. The number of carbonyl (C=O) groups excluding carboxylic acids is 1. The van der Waals surface area contributed by atoms with E-state index in [9.17, 15) is 4.79 Å². The summed E-state index contributed by atoms with van der Waals surface area (Å²) < 4.78 is 7.62. The molecule has 0 radical (unpaired) electrons. The summed E-state index contributed by atoms with van der Waals surface area (Å²) in [5.74, 6) is 0.0311. The Labute approximate surface area is 171 Å². The molecule has 1 aromatic carbocycles. The van der Waals surface area contributed by atoms with Crippen LogP contribution < -0.4 is 0 Å². The number of ether oxygens (including phenoxy) is 1. The number of carbonyl (C=O) groups is 1. The average Bonchev–Trinajstić information content (AvgIpc) is 3.08. The van der Waals surface area contributed by atoms with Gasteiger partial charge in [0.1, 0.15) is 0 Å². The first-order valence-electron chi connectivity index (χ1n) is 9.97. The molecule has 28 heavy (non-hydrogen) atoms. The van der Waals surface area contributed by atoms with Gasteiger partial charge in [0.25, 0.3) is 5.91 Å². The predicted molar refractivity (Wildman–Crippen MR) is 109 cm³/mol. The lowest BCUT2D eigenvalue weighted by Gasteiger charge is -2.34. The molecule has 2 aromatic rings. The largest absolute Gasteiger partial charge is 0.376 e. The van der Waals surface area contributed by atoms with Gasteiger partial charge in [-0.1, -0.05) is 23.7 Å². The summed E-state index contributed by atoms with van der Waals surface area (Å²) in [5.41, 5.74) is 3.91. The van der Waals surface area contributed by atoms with Gasteiger partial charge in [-0.05, 0) is 31.5 Å². The zero-order chi connectivity index (χ0) is 19.7. The molecule has 2 aliphatic heterocycles. The molecule has 150 valence electrons. The highest BCUT2D eigenvalue weighted by Crippen LogP contribution is 2.25. The highest BCUT2D eigenvalue weighted by molar-refractivity contribution is 6.30. The molecular weight excluding hydrogens is 376 g/mol. The van der Waals surface area contributed by atoms with E-state index in [1.54, 1.807) is 0 Å². The zero-order valence-corrected chi connectivity index (χ0v) is 17.3. The Kier molecular flexibility index (Phi) is 5.71. The standard InChI is InChI=1S/C21H27ClN4O2/c1-15(2)26-19-6-11-28-14-18(19)20(23-26)21(27)25-9-7-24(8-10-25)13-16-4-3-5-17(22)12-16/h3-5,12,15H,6-11,13-14H2,1-2H3. The Morgan fingerprint density at radius 3 is 2.75 bits per heavy atom. The molecule has 1 fully saturated rings. The van der Waals surface area contributed by atoms with Crippen LogP contribution in [0.1, 0.15) is 47.2 Å². The number of halogens is 1. The Morgan fingerprint density at radius 1 is 1.25 bits per heavy atom. The van der Waals surface area contributed by atoms with Gasteiger partial charge in [0.05, 0.1) is 13.2 Å². The topological polar surface area (TPSA) is 50.6 Å². The number of piperazine rings is 1.